The standard InChI is InChI=1S/C18H22N4O/c19-12-16(13-20-17-6-7-17)18(23)22-10-8-21(9-11-22)14-15-4-2-1-3-5-15/h1-5,13,17,20H,6-11,14H2/b16-13-. The summed E-state index contributed by atoms with van der Waals surface area (Å²) in [4.78, 5) is 16.5. The molecule has 2 aliphatic rings. The van der Waals surface area contributed by atoms with Gasteiger partial charge in [0.1, 0.15) is 11.6 Å². The molecule has 5 heteroatoms. The Kier molecular flexibility index (Phi) is 4.94. The second kappa shape index (κ2) is 7.30. The predicted molar refractivity (Wildman–Crippen MR) is 88.2 cm³/mol. The normalized spacial score (nSPS) is 19.3. The zero-order chi connectivity index (χ0) is 16.1. The molecule has 5 nitrogen and oxygen atoms in total. The van der Waals surface area contributed by atoms with Gasteiger partial charge in [-0.3, -0.25) is 9.69 Å². The Balaban J connectivity index is 1.50. The number of carbonyl (C=O) groups excluding carboxylic acids is 1. The molecule has 0 radical (unpaired) electrons. The van der Waals surface area contributed by atoms with Gasteiger partial charge >= 0.3 is 0 Å². The van der Waals surface area contributed by atoms with Crippen molar-refractivity contribution in [1.29, 1.82) is 5.26 Å². The Morgan fingerprint density at radius 3 is 2.52 bits per heavy atom. The molecule has 1 aliphatic heterocycles. The summed E-state index contributed by atoms with van der Waals surface area (Å²) in [7, 11) is 0. The third-order valence-corrected chi connectivity index (χ3v) is 4.30. The highest BCUT2D eigenvalue weighted by Gasteiger charge is 2.25. The highest BCUT2D eigenvalue weighted by Crippen LogP contribution is 2.19. The molecule has 120 valence electrons. The molecule has 0 unspecified atom stereocenters. The van der Waals surface area contributed by atoms with E-state index in [1.54, 1.807) is 11.1 Å². The van der Waals surface area contributed by atoms with Crippen molar-refractivity contribution in [2.75, 3.05) is 26.2 Å². The largest absolute Gasteiger partial charge is 0.387 e. The van der Waals surface area contributed by atoms with Gasteiger partial charge in [0.25, 0.3) is 5.91 Å². The Morgan fingerprint density at radius 2 is 1.91 bits per heavy atom. The number of piperazine rings is 1. The fraction of sp³-hybridized carbons (Fsp3) is 0.444. The van der Waals surface area contributed by atoms with Gasteiger partial charge in [0.05, 0.1) is 0 Å². The summed E-state index contributed by atoms with van der Waals surface area (Å²) in [6, 6.07) is 12.8. The van der Waals surface area contributed by atoms with Gasteiger partial charge in [-0.25, -0.2) is 0 Å². The number of hydrogen-bond acceptors (Lipinski definition) is 4. The quantitative estimate of drug-likeness (QED) is 0.661. The van der Waals surface area contributed by atoms with Gasteiger partial charge < -0.3 is 10.2 Å². The van der Waals surface area contributed by atoms with E-state index in [4.69, 9.17) is 0 Å². The molecule has 1 aromatic carbocycles. The van der Waals surface area contributed by atoms with Gasteiger partial charge in [-0.2, -0.15) is 5.26 Å². The average molecular weight is 310 g/mol. The Morgan fingerprint density at radius 1 is 1.22 bits per heavy atom. The van der Waals surface area contributed by atoms with Crippen LogP contribution in [-0.4, -0.2) is 47.9 Å². The minimum atomic E-state index is -0.153. The van der Waals surface area contributed by atoms with Crippen molar-refractivity contribution in [2.45, 2.75) is 25.4 Å². The number of nitriles is 1. The Hall–Kier alpha value is -2.32. The van der Waals surface area contributed by atoms with Crippen LogP contribution in [0.2, 0.25) is 0 Å². The molecule has 1 amide bonds. The molecule has 1 aromatic rings. The summed E-state index contributed by atoms with van der Waals surface area (Å²) in [5, 5.41) is 12.3. The van der Waals surface area contributed by atoms with Gasteiger partial charge in [-0.15, -0.1) is 0 Å². The maximum atomic E-state index is 12.4. The van der Waals surface area contributed by atoms with Crippen LogP contribution in [0.5, 0.6) is 0 Å². The van der Waals surface area contributed by atoms with Gasteiger partial charge in [0, 0.05) is 45.0 Å². The van der Waals surface area contributed by atoms with Crippen LogP contribution in [0.1, 0.15) is 18.4 Å². The van der Waals surface area contributed by atoms with E-state index in [2.05, 4.69) is 22.3 Å². The van der Waals surface area contributed by atoms with Crippen molar-refractivity contribution >= 4 is 5.91 Å². The first-order valence-electron chi connectivity index (χ1n) is 8.18. The highest BCUT2D eigenvalue weighted by molar-refractivity contribution is 5.97. The van der Waals surface area contributed by atoms with E-state index in [9.17, 15) is 10.1 Å². The van der Waals surface area contributed by atoms with Crippen LogP contribution in [0, 0.1) is 11.3 Å². The van der Waals surface area contributed by atoms with Crippen molar-refractivity contribution in [2.24, 2.45) is 0 Å². The Labute approximate surface area is 137 Å². The van der Waals surface area contributed by atoms with E-state index in [0.717, 1.165) is 32.5 Å². The van der Waals surface area contributed by atoms with Gasteiger partial charge in [-0.1, -0.05) is 30.3 Å². The molecule has 23 heavy (non-hydrogen) atoms. The predicted octanol–water partition coefficient (Wildman–Crippen LogP) is 1.49. The van der Waals surface area contributed by atoms with Crippen molar-refractivity contribution < 1.29 is 4.79 Å². The SMILES string of the molecule is N#C/C(=C/NC1CC1)C(=O)N1CCN(Cc2ccccc2)CC1. The summed E-state index contributed by atoms with van der Waals surface area (Å²) >= 11 is 0. The Bertz CT molecular complexity index is 608. The topological polar surface area (TPSA) is 59.4 Å². The van der Waals surface area contributed by atoms with Crippen LogP contribution in [0.15, 0.2) is 42.1 Å². The fourth-order valence-electron chi connectivity index (χ4n) is 2.71. The number of amides is 1. The number of benzene rings is 1. The van der Waals surface area contributed by atoms with Crippen molar-refractivity contribution in [3.05, 3.63) is 47.7 Å². The van der Waals surface area contributed by atoms with E-state index in [1.165, 1.54) is 5.56 Å². The van der Waals surface area contributed by atoms with Crippen LogP contribution in [0.4, 0.5) is 0 Å². The van der Waals surface area contributed by atoms with Crippen LogP contribution in [0.25, 0.3) is 0 Å². The average Bonchev–Trinajstić information content (AvgIpc) is 3.41. The maximum Gasteiger partial charge on any atom is 0.266 e. The molecule has 0 atom stereocenters. The maximum absolute atomic E-state index is 12.4. The first-order chi connectivity index (χ1) is 11.3. The minimum Gasteiger partial charge on any atom is -0.387 e. The molecule has 3 rings (SSSR count). The van der Waals surface area contributed by atoms with E-state index in [1.807, 2.05) is 24.3 Å². The van der Waals surface area contributed by atoms with E-state index >= 15 is 0 Å². The minimum absolute atomic E-state index is 0.153. The van der Waals surface area contributed by atoms with Gasteiger partial charge in [0.2, 0.25) is 0 Å². The molecule has 1 saturated heterocycles. The van der Waals surface area contributed by atoms with E-state index in [0.29, 0.717) is 19.1 Å². The highest BCUT2D eigenvalue weighted by atomic mass is 16.2. The van der Waals surface area contributed by atoms with E-state index < -0.39 is 0 Å². The first kappa shape index (κ1) is 15.6. The summed E-state index contributed by atoms with van der Waals surface area (Å²) in [5.41, 5.74) is 1.51. The fourth-order valence-corrected chi connectivity index (χ4v) is 2.71. The van der Waals surface area contributed by atoms with Crippen LogP contribution in [0.3, 0.4) is 0 Å². The monoisotopic (exact) mass is 310 g/mol. The zero-order valence-corrected chi connectivity index (χ0v) is 13.2. The second-order valence-corrected chi connectivity index (χ2v) is 6.16. The summed E-state index contributed by atoms with van der Waals surface area (Å²) in [5.74, 6) is -0.153. The molecular formula is C18H22N4O. The molecular weight excluding hydrogens is 288 g/mol. The lowest BCUT2D eigenvalue weighted by Crippen LogP contribution is -2.48. The molecule has 2 fully saturated rings. The van der Waals surface area contributed by atoms with E-state index in [-0.39, 0.29) is 11.5 Å². The lowest BCUT2D eigenvalue weighted by molar-refractivity contribution is -0.128. The summed E-state index contributed by atoms with van der Waals surface area (Å²) < 4.78 is 0. The van der Waals surface area contributed by atoms with Gasteiger partial charge in [0.15, 0.2) is 0 Å². The molecule has 0 aromatic heterocycles. The number of hydrogen-bond donors (Lipinski definition) is 1. The molecule has 1 aliphatic carbocycles. The van der Waals surface area contributed by atoms with Crippen molar-refractivity contribution in [3.8, 4) is 6.07 Å². The zero-order valence-electron chi connectivity index (χ0n) is 13.2. The number of rotatable bonds is 5. The van der Waals surface area contributed by atoms with Crippen LogP contribution < -0.4 is 5.32 Å². The third kappa shape index (κ3) is 4.33. The number of carbonyl (C=O) groups is 1. The first-order valence-corrected chi connectivity index (χ1v) is 8.18. The van der Waals surface area contributed by atoms with Crippen molar-refractivity contribution in [3.63, 3.8) is 0 Å². The molecule has 0 bridgehead atoms. The number of nitrogens with zero attached hydrogens (tertiary/aromatic N) is 3. The smallest absolute Gasteiger partial charge is 0.266 e. The molecule has 1 heterocycles. The molecule has 1 N–H and O–H groups in total. The van der Waals surface area contributed by atoms with Crippen LogP contribution >= 0.6 is 0 Å². The number of nitrogens with one attached hydrogen (secondary N) is 1. The third-order valence-electron chi connectivity index (χ3n) is 4.30. The second-order valence-electron chi connectivity index (χ2n) is 6.16. The summed E-state index contributed by atoms with van der Waals surface area (Å²) in [6.45, 7) is 3.94. The summed E-state index contributed by atoms with van der Waals surface area (Å²) in [6.07, 6.45) is 3.85. The van der Waals surface area contributed by atoms with Gasteiger partial charge in [-0.05, 0) is 18.4 Å². The molecule has 0 spiro atoms. The lowest BCUT2D eigenvalue weighted by atomic mass is 10.2. The van der Waals surface area contributed by atoms with Crippen molar-refractivity contribution in [1.82, 2.24) is 15.1 Å². The molecule has 1 saturated carbocycles. The lowest BCUT2D eigenvalue weighted by Gasteiger charge is -2.34. The van der Waals surface area contributed by atoms with Crippen LogP contribution in [-0.2, 0) is 11.3 Å².